The zero-order valence-corrected chi connectivity index (χ0v) is 36.6. The summed E-state index contributed by atoms with van der Waals surface area (Å²) < 4.78 is 54.5. The first kappa shape index (κ1) is 53.7. The van der Waals surface area contributed by atoms with Crippen LogP contribution in [-0.2, 0) is 42.7 Å². The minimum absolute atomic E-state index is 0. The van der Waals surface area contributed by atoms with E-state index in [1.165, 1.54) is 16.7 Å². The van der Waals surface area contributed by atoms with Crippen LogP contribution in [0, 0.1) is 0 Å². The molecule has 0 radical (unpaired) electrons. The van der Waals surface area contributed by atoms with E-state index in [0.29, 0.717) is 45.8 Å². The molecule has 0 aliphatic heterocycles. The van der Waals surface area contributed by atoms with Gasteiger partial charge in [0.05, 0.1) is 39.6 Å². The van der Waals surface area contributed by atoms with Gasteiger partial charge >= 0.3 is 15.6 Å². The van der Waals surface area contributed by atoms with E-state index in [2.05, 4.69) is 52.0 Å². The van der Waals surface area contributed by atoms with Gasteiger partial charge in [0.1, 0.15) is 0 Å². The number of rotatable bonds is 30. The Morgan fingerprint density at radius 3 is 1.58 bits per heavy atom. The molecule has 1 aromatic carbocycles. The third-order valence-electron chi connectivity index (χ3n) is 7.64. The Labute approximate surface area is 328 Å². The Morgan fingerprint density at radius 1 is 0.623 bits per heavy atom. The number of carbonyl (C=O) groups is 1. The van der Waals surface area contributed by atoms with Gasteiger partial charge in [-0.05, 0) is 132 Å². The van der Waals surface area contributed by atoms with Gasteiger partial charge in [0, 0.05) is 12.0 Å². The average molecular weight is 808 g/mol. The summed E-state index contributed by atoms with van der Waals surface area (Å²) in [5.74, 6) is 0.185. The van der Waals surface area contributed by atoms with Gasteiger partial charge in [0.25, 0.3) is 0 Å². The van der Waals surface area contributed by atoms with Crippen LogP contribution in [0.1, 0.15) is 142 Å². The Balaban J connectivity index is 0. The lowest BCUT2D eigenvalue weighted by Crippen LogP contribution is -2.04. The molecule has 0 saturated heterocycles. The number of nitrogens with two attached hydrogens (primary N) is 1. The number of phosphoric acid groups is 2. The second kappa shape index (κ2) is 33.9. The molecule has 0 amide bonds. The van der Waals surface area contributed by atoms with Crippen LogP contribution < -0.4 is 5.73 Å². The molecule has 13 heteroatoms. The molecule has 0 unspecified atom stereocenters. The second-order valence-electron chi connectivity index (χ2n) is 12.6. The van der Waals surface area contributed by atoms with Crippen LogP contribution in [0.2, 0.25) is 0 Å². The fourth-order valence-electron chi connectivity index (χ4n) is 4.98. The predicted octanol–water partition coefficient (Wildman–Crippen LogP) is 12.3. The van der Waals surface area contributed by atoms with Crippen molar-refractivity contribution in [1.29, 1.82) is 0 Å². The summed E-state index contributed by atoms with van der Waals surface area (Å²) in [5, 5.41) is 0. The quantitative estimate of drug-likeness (QED) is 0.0346. The molecule has 0 bridgehead atoms. The van der Waals surface area contributed by atoms with Gasteiger partial charge in [-0.3, -0.25) is 31.9 Å². The zero-order chi connectivity index (χ0) is 39.1. The lowest BCUT2D eigenvalue weighted by atomic mass is 9.96. The van der Waals surface area contributed by atoms with E-state index in [0.717, 1.165) is 75.3 Å². The van der Waals surface area contributed by atoms with Crippen molar-refractivity contribution in [3.8, 4) is 0 Å². The first-order chi connectivity index (χ1) is 24.9. The van der Waals surface area contributed by atoms with Crippen LogP contribution >= 0.6 is 28.1 Å². The largest absolute Gasteiger partial charge is 0.474 e. The Morgan fingerprint density at radius 2 is 1.09 bits per heavy atom. The standard InChI is InChI=1S/C32H51O5P.C8H20NO4P.ClH/c1-7-35-38(34,36-8-2)37-26-13-9-10-25-32(33)31-24-12-11-22-30(31)23-16-21-29(6)20-15-19-28(5)18-14-17-27(3)4;1-3-11-14(10,12-4-2)13-8-6-5-7-9;/h11-12,17,19,21-22,24H,7-10,13-16,18,20,23,25-26H2,1-6H3;3-9H2,1-2H3;1H/b28-19+,29-21+;;. The van der Waals surface area contributed by atoms with Crippen molar-refractivity contribution >= 4 is 33.8 Å². The number of carbonyl (C=O) groups excluding carboxylic acids is 1. The first-order valence-electron chi connectivity index (χ1n) is 19.2. The number of Topliss-reactive ketones (excluding diaryl/α,β-unsaturated/α-hetero) is 1. The number of benzene rings is 1. The molecule has 0 spiro atoms. The van der Waals surface area contributed by atoms with E-state index in [4.69, 9.17) is 32.9 Å². The lowest BCUT2D eigenvalue weighted by Gasteiger charge is -2.16. The number of phosphoric ester groups is 2. The van der Waals surface area contributed by atoms with E-state index in [1.807, 2.05) is 18.2 Å². The van der Waals surface area contributed by atoms with E-state index in [1.54, 1.807) is 27.7 Å². The topological polar surface area (TPSA) is 133 Å². The fraction of sp³-hybridized carbons (Fsp3) is 0.675. The highest BCUT2D eigenvalue weighted by Crippen LogP contribution is 2.50. The van der Waals surface area contributed by atoms with Crippen molar-refractivity contribution in [3.05, 3.63) is 70.3 Å². The van der Waals surface area contributed by atoms with Gasteiger partial charge in [-0.1, -0.05) is 65.6 Å². The van der Waals surface area contributed by atoms with Gasteiger partial charge in [0.2, 0.25) is 0 Å². The van der Waals surface area contributed by atoms with E-state index < -0.39 is 15.6 Å². The number of ketones is 1. The molecular formula is C40H72ClNO9P2. The number of unbranched alkanes of at least 4 members (excludes halogenated alkanes) is 3. The highest BCUT2D eigenvalue weighted by Gasteiger charge is 2.25. The molecule has 1 rings (SSSR count). The van der Waals surface area contributed by atoms with Crippen molar-refractivity contribution in [1.82, 2.24) is 0 Å². The molecule has 0 saturated carbocycles. The molecule has 0 atom stereocenters. The third-order valence-corrected chi connectivity index (χ3v) is 10.9. The molecule has 0 aromatic heterocycles. The summed E-state index contributed by atoms with van der Waals surface area (Å²) in [5.41, 5.74) is 11.5. The molecule has 2 N–H and O–H groups in total. The summed E-state index contributed by atoms with van der Waals surface area (Å²) in [6, 6.07) is 7.97. The minimum atomic E-state index is -3.45. The first-order valence-corrected chi connectivity index (χ1v) is 22.1. The van der Waals surface area contributed by atoms with E-state index in [-0.39, 0.29) is 31.4 Å². The number of allylic oxidation sites excluding steroid dienone is 6. The van der Waals surface area contributed by atoms with Crippen molar-refractivity contribution < 1.29 is 41.1 Å². The van der Waals surface area contributed by atoms with Crippen molar-refractivity contribution in [3.63, 3.8) is 0 Å². The number of aryl methyl sites for hydroxylation is 1. The molecule has 53 heavy (non-hydrogen) atoms. The van der Waals surface area contributed by atoms with Crippen LogP contribution in [0.5, 0.6) is 0 Å². The SMILES string of the molecule is CCOP(=O)(OCC)OCCCCCC(=O)c1ccccc1CC/C=C(\C)CC/C=C(\C)CCC=C(C)C.CCOP(=O)(OCC)OCCCCN.Cl. The van der Waals surface area contributed by atoms with E-state index >= 15 is 0 Å². The van der Waals surface area contributed by atoms with Gasteiger partial charge in [-0.15, -0.1) is 12.4 Å². The summed E-state index contributed by atoms with van der Waals surface area (Å²) in [4.78, 5) is 12.9. The molecule has 0 aliphatic rings. The maximum absolute atomic E-state index is 12.9. The third kappa shape index (κ3) is 28.6. The maximum Gasteiger partial charge on any atom is 0.474 e. The maximum atomic E-state index is 12.9. The molecule has 308 valence electrons. The summed E-state index contributed by atoms with van der Waals surface area (Å²) in [6.45, 7) is 18.2. The molecule has 0 heterocycles. The van der Waals surface area contributed by atoms with Crippen molar-refractivity contribution in [2.45, 2.75) is 132 Å². The fourth-order valence-corrected chi connectivity index (χ4v) is 7.40. The lowest BCUT2D eigenvalue weighted by molar-refractivity contribution is 0.0973. The van der Waals surface area contributed by atoms with Crippen LogP contribution in [0.15, 0.2) is 59.2 Å². The molecule has 0 fully saturated rings. The molecule has 0 aliphatic carbocycles. The van der Waals surface area contributed by atoms with E-state index in [9.17, 15) is 13.9 Å². The van der Waals surface area contributed by atoms with Crippen LogP contribution in [-0.4, -0.2) is 52.0 Å². The Kier molecular flexibility index (Phi) is 34.3. The van der Waals surface area contributed by atoms with Gasteiger partial charge in [-0.25, -0.2) is 9.13 Å². The smallest absolute Gasteiger partial charge is 0.330 e. The van der Waals surface area contributed by atoms with Crippen molar-refractivity contribution in [2.75, 3.05) is 46.2 Å². The van der Waals surface area contributed by atoms with Gasteiger partial charge in [-0.2, -0.15) is 0 Å². The average Bonchev–Trinajstić information content (AvgIpc) is 3.09. The molecule has 10 nitrogen and oxygen atoms in total. The summed E-state index contributed by atoms with van der Waals surface area (Å²) in [6.07, 6.45) is 17.6. The van der Waals surface area contributed by atoms with Crippen LogP contribution in [0.25, 0.3) is 0 Å². The van der Waals surface area contributed by atoms with Crippen LogP contribution in [0.3, 0.4) is 0 Å². The van der Waals surface area contributed by atoms with Gasteiger partial charge in [0.15, 0.2) is 5.78 Å². The Hall–Kier alpha value is -1.42. The predicted molar refractivity (Wildman–Crippen MR) is 222 cm³/mol. The zero-order valence-electron chi connectivity index (χ0n) is 34.0. The normalized spacial score (nSPS) is 12.2. The van der Waals surface area contributed by atoms with Gasteiger partial charge < -0.3 is 5.73 Å². The number of hydrogen-bond acceptors (Lipinski definition) is 10. The highest BCUT2D eigenvalue weighted by atomic mass is 35.5. The van der Waals surface area contributed by atoms with Crippen LogP contribution in [0.4, 0.5) is 0 Å². The molecular weight excluding hydrogens is 736 g/mol. The summed E-state index contributed by atoms with van der Waals surface area (Å²) >= 11 is 0. The number of hydrogen-bond donors (Lipinski definition) is 1. The molecule has 1 aromatic rings. The minimum Gasteiger partial charge on any atom is -0.330 e. The Bertz CT molecular complexity index is 1260. The van der Waals surface area contributed by atoms with Crippen molar-refractivity contribution in [2.24, 2.45) is 5.73 Å². The second-order valence-corrected chi connectivity index (χ2v) is 16.0. The highest BCUT2D eigenvalue weighted by molar-refractivity contribution is 7.48. The monoisotopic (exact) mass is 807 g/mol. The number of halogens is 1. The summed E-state index contributed by atoms with van der Waals surface area (Å²) in [7, 11) is -6.75.